The summed E-state index contributed by atoms with van der Waals surface area (Å²) in [4.78, 5) is 2.55. The van der Waals surface area contributed by atoms with Crippen molar-refractivity contribution in [2.24, 2.45) is 0 Å². The monoisotopic (exact) mass is 288 g/mol. The van der Waals surface area contributed by atoms with Crippen LogP contribution in [-0.2, 0) is 13.0 Å². The van der Waals surface area contributed by atoms with Gasteiger partial charge in [0.15, 0.2) is 0 Å². The lowest BCUT2D eigenvalue weighted by atomic mass is 9.94. The SMILES string of the molecule is CC(C)NCCc1ccc(CN(C)C2CCCCC2)cc1. The maximum absolute atomic E-state index is 3.48. The lowest BCUT2D eigenvalue weighted by molar-refractivity contribution is 0.184. The van der Waals surface area contributed by atoms with E-state index in [-0.39, 0.29) is 0 Å². The summed E-state index contributed by atoms with van der Waals surface area (Å²) in [5.74, 6) is 0. The predicted octanol–water partition coefficient (Wildman–Crippen LogP) is 3.99. The van der Waals surface area contributed by atoms with E-state index in [1.54, 1.807) is 0 Å². The Bertz CT molecular complexity index is 391. The van der Waals surface area contributed by atoms with Gasteiger partial charge in [-0.1, -0.05) is 57.4 Å². The first-order valence-corrected chi connectivity index (χ1v) is 8.66. The van der Waals surface area contributed by atoms with Gasteiger partial charge in [-0.2, -0.15) is 0 Å². The highest BCUT2D eigenvalue weighted by Crippen LogP contribution is 2.22. The van der Waals surface area contributed by atoms with Gasteiger partial charge in [-0.15, -0.1) is 0 Å². The van der Waals surface area contributed by atoms with Crippen LogP contribution < -0.4 is 5.32 Å². The zero-order chi connectivity index (χ0) is 15.1. The molecule has 0 atom stereocenters. The molecule has 0 saturated heterocycles. The van der Waals surface area contributed by atoms with Gasteiger partial charge in [-0.3, -0.25) is 4.90 Å². The first kappa shape index (κ1) is 16.5. The number of nitrogens with one attached hydrogen (secondary N) is 1. The van der Waals surface area contributed by atoms with Crippen LogP contribution in [0.4, 0.5) is 0 Å². The Morgan fingerprint density at radius 3 is 2.29 bits per heavy atom. The molecular weight excluding hydrogens is 256 g/mol. The van der Waals surface area contributed by atoms with Gasteiger partial charge in [0.25, 0.3) is 0 Å². The van der Waals surface area contributed by atoms with Gasteiger partial charge in [0.1, 0.15) is 0 Å². The molecular formula is C19H32N2. The van der Waals surface area contributed by atoms with Crippen molar-refractivity contribution in [2.45, 2.75) is 71.0 Å². The highest BCUT2D eigenvalue weighted by molar-refractivity contribution is 5.22. The van der Waals surface area contributed by atoms with E-state index in [0.29, 0.717) is 6.04 Å². The van der Waals surface area contributed by atoms with Crippen molar-refractivity contribution in [2.75, 3.05) is 13.6 Å². The number of benzene rings is 1. The fourth-order valence-electron chi connectivity index (χ4n) is 3.26. The minimum Gasteiger partial charge on any atom is -0.314 e. The molecule has 21 heavy (non-hydrogen) atoms. The summed E-state index contributed by atoms with van der Waals surface area (Å²) in [6.45, 7) is 6.56. The summed E-state index contributed by atoms with van der Waals surface area (Å²) in [5, 5.41) is 3.48. The summed E-state index contributed by atoms with van der Waals surface area (Å²) >= 11 is 0. The lowest BCUT2D eigenvalue weighted by Crippen LogP contribution is -2.32. The molecule has 1 aliphatic carbocycles. The molecule has 2 nitrogen and oxygen atoms in total. The summed E-state index contributed by atoms with van der Waals surface area (Å²) in [6.07, 6.45) is 8.15. The zero-order valence-corrected chi connectivity index (χ0v) is 14.1. The van der Waals surface area contributed by atoms with Gasteiger partial charge in [0.05, 0.1) is 0 Å². The molecule has 1 N–H and O–H groups in total. The fraction of sp³-hybridized carbons (Fsp3) is 0.684. The molecule has 0 aromatic heterocycles. The number of nitrogens with zero attached hydrogens (tertiary/aromatic N) is 1. The van der Waals surface area contributed by atoms with E-state index in [0.717, 1.165) is 25.6 Å². The molecule has 1 saturated carbocycles. The summed E-state index contributed by atoms with van der Waals surface area (Å²) in [7, 11) is 2.29. The van der Waals surface area contributed by atoms with E-state index >= 15 is 0 Å². The van der Waals surface area contributed by atoms with Crippen molar-refractivity contribution in [3.8, 4) is 0 Å². The molecule has 1 aromatic carbocycles. The zero-order valence-electron chi connectivity index (χ0n) is 14.1. The second-order valence-corrected chi connectivity index (χ2v) is 6.88. The number of hydrogen-bond donors (Lipinski definition) is 1. The summed E-state index contributed by atoms with van der Waals surface area (Å²) in [6, 6.07) is 10.6. The molecule has 0 aliphatic heterocycles. The van der Waals surface area contributed by atoms with Crippen LogP contribution >= 0.6 is 0 Å². The van der Waals surface area contributed by atoms with Gasteiger partial charge in [-0.05, 0) is 44.0 Å². The third kappa shape index (κ3) is 5.80. The Labute approximate surface area is 130 Å². The van der Waals surface area contributed by atoms with Gasteiger partial charge < -0.3 is 5.32 Å². The van der Waals surface area contributed by atoms with E-state index in [2.05, 4.69) is 55.4 Å². The Kier molecular flexibility index (Phi) is 6.72. The third-order valence-corrected chi connectivity index (χ3v) is 4.62. The van der Waals surface area contributed by atoms with Crippen LogP contribution in [0.15, 0.2) is 24.3 Å². The minimum atomic E-state index is 0.577. The second kappa shape index (κ2) is 8.55. The summed E-state index contributed by atoms with van der Waals surface area (Å²) in [5.41, 5.74) is 2.89. The van der Waals surface area contributed by atoms with Crippen molar-refractivity contribution in [3.63, 3.8) is 0 Å². The van der Waals surface area contributed by atoms with Crippen LogP contribution in [0.2, 0.25) is 0 Å². The van der Waals surface area contributed by atoms with Crippen molar-refractivity contribution in [3.05, 3.63) is 35.4 Å². The average Bonchev–Trinajstić information content (AvgIpc) is 2.49. The average molecular weight is 288 g/mol. The van der Waals surface area contributed by atoms with Crippen LogP contribution in [0.5, 0.6) is 0 Å². The van der Waals surface area contributed by atoms with E-state index in [9.17, 15) is 0 Å². The molecule has 0 radical (unpaired) electrons. The van der Waals surface area contributed by atoms with Crippen LogP contribution in [0.25, 0.3) is 0 Å². The van der Waals surface area contributed by atoms with E-state index < -0.39 is 0 Å². The van der Waals surface area contributed by atoms with Gasteiger partial charge >= 0.3 is 0 Å². The molecule has 0 spiro atoms. The van der Waals surface area contributed by atoms with Gasteiger partial charge in [0.2, 0.25) is 0 Å². The Morgan fingerprint density at radius 2 is 1.67 bits per heavy atom. The van der Waals surface area contributed by atoms with Crippen molar-refractivity contribution in [1.29, 1.82) is 0 Å². The van der Waals surface area contributed by atoms with Crippen LogP contribution in [0.1, 0.15) is 57.1 Å². The molecule has 1 fully saturated rings. The van der Waals surface area contributed by atoms with Crippen molar-refractivity contribution in [1.82, 2.24) is 10.2 Å². The van der Waals surface area contributed by atoms with Gasteiger partial charge in [0, 0.05) is 18.6 Å². The van der Waals surface area contributed by atoms with E-state index in [1.807, 2.05) is 0 Å². The molecule has 118 valence electrons. The normalized spacial score (nSPS) is 16.8. The number of hydrogen-bond acceptors (Lipinski definition) is 2. The summed E-state index contributed by atoms with van der Waals surface area (Å²) < 4.78 is 0. The second-order valence-electron chi connectivity index (χ2n) is 6.88. The van der Waals surface area contributed by atoms with Crippen molar-refractivity contribution >= 4 is 0 Å². The molecule has 1 aliphatic rings. The first-order chi connectivity index (χ1) is 10.1. The fourth-order valence-corrected chi connectivity index (χ4v) is 3.26. The predicted molar refractivity (Wildman–Crippen MR) is 91.6 cm³/mol. The first-order valence-electron chi connectivity index (χ1n) is 8.66. The highest BCUT2D eigenvalue weighted by atomic mass is 15.1. The molecule has 2 rings (SSSR count). The maximum atomic E-state index is 3.48. The maximum Gasteiger partial charge on any atom is 0.0233 e. The molecule has 0 heterocycles. The quantitative estimate of drug-likeness (QED) is 0.816. The lowest BCUT2D eigenvalue weighted by Gasteiger charge is -2.31. The third-order valence-electron chi connectivity index (χ3n) is 4.62. The molecule has 0 unspecified atom stereocenters. The molecule has 0 bridgehead atoms. The molecule has 0 amide bonds. The topological polar surface area (TPSA) is 15.3 Å². The minimum absolute atomic E-state index is 0.577. The molecule has 2 heteroatoms. The highest BCUT2D eigenvalue weighted by Gasteiger charge is 2.17. The Balaban J connectivity index is 1.78. The number of rotatable bonds is 7. The van der Waals surface area contributed by atoms with Crippen LogP contribution in [-0.4, -0.2) is 30.6 Å². The van der Waals surface area contributed by atoms with E-state index in [4.69, 9.17) is 0 Å². The van der Waals surface area contributed by atoms with Crippen molar-refractivity contribution < 1.29 is 0 Å². The standard InChI is InChI=1S/C19H32N2/c1-16(2)20-14-13-17-9-11-18(12-10-17)15-21(3)19-7-5-4-6-8-19/h9-12,16,19-20H,4-8,13-15H2,1-3H3. The largest absolute Gasteiger partial charge is 0.314 e. The van der Waals surface area contributed by atoms with Crippen LogP contribution in [0, 0.1) is 0 Å². The Morgan fingerprint density at radius 1 is 1.05 bits per heavy atom. The smallest absolute Gasteiger partial charge is 0.0233 e. The van der Waals surface area contributed by atoms with Gasteiger partial charge in [-0.25, -0.2) is 0 Å². The Hall–Kier alpha value is -0.860. The van der Waals surface area contributed by atoms with Crippen LogP contribution in [0.3, 0.4) is 0 Å². The van der Waals surface area contributed by atoms with E-state index in [1.165, 1.54) is 43.2 Å². The molecule has 1 aromatic rings.